The minimum absolute atomic E-state index is 0.134. The van der Waals surface area contributed by atoms with E-state index < -0.39 is 0 Å². The fourth-order valence-corrected chi connectivity index (χ4v) is 3.48. The van der Waals surface area contributed by atoms with Gasteiger partial charge < -0.3 is 10.1 Å². The third-order valence-corrected chi connectivity index (χ3v) is 4.44. The zero-order valence-corrected chi connectivity index (χ0v) is 12.5. The molecule has 3 nitrogen and oxygen atoms in total. The lowest BCUT2D eigenvalue weighted by molar-refractivity contribution is -0.143. The van der Waals surface area contributed by atoms with E-state index in [1.54, 1.807) is 24.8 Å². The molecule has 1 aliphatic rings. The van der Waals surface area contributed by atoms with Crippen molar-refractivity contribution >= 4 is 17.7 Å². The first-order valence-corrected chi connectivity index (χ1v) is 8.01. The molecule has 5 heteroatoms. The second-order valence-electron chi connectivity index (χ2n) is 4.71. The first-order valence-electron chi connectivity index (χ1n) is 7.02. The number of nitrogens with one attached hydrogen (secondary N) is 1. The van der Waals surface area contributed by atoms with Gasteiger partial charge in [0.25, 0.3) is 0 Å². The molecule has 0 aromatic heterocycles. The van der Waals surface area contributed by atoms with Gasteiger partial charge in [0.15, 0.2) is 0 Å². The van der Waals surface area contributed by atoms with Crippen LogP contribution in [-0.2, 0) is 9.53 Å². The molecule has 1 heterocycles. The largest absolute Gasteiger partial charge is 0.466 e. The third-order valence-electron chi connectivity index (χ3n) is 3.28. The Morgan fingerprint density at radius 1 is 1.55 bits per heavy atom. The highest BCUT2D eigenvalue weighted by atomic mass is 32.2. The summed E-state index contributed by atoms with van der Waals surface area (Å²) in [5.41, 5.74) is 1.04. The lowest BCUT2D eigenvalue weighted by Crippen LogP contribution is -2.26. The fourth-order valence-electron chi connectivity index (χ4n) is 2.34. The average molecular weight is 297 g/mol. The van der Waals surface area contributed by atoms with E-state index in [1.165, 1.54) is 6.07 Å². The monoisotopic (exact) mass is 297 g/mol. The van der Waals surface area contributed by atoms with Crippen molar-refractivity contribution in [2.24, 2.45) is 0 Å². The van der Waals surface area contributed by atoms with Crippen LogP contribution in [0.3, 0.4) is 0 Å². The van der Waals surface area contributed by atoms with Crippen LogP contribution < -0.4 is 5.32 Å². The number of carbonyl (C=O) groups excluding carboxylic acids is 1. The van der Waals surface area contributed by atoms with Crippen LogP contribution in [0.25, 0.3) is 0 Å². The van der Waals surface area contributed by atoms with Gasteiger partial charge in [-0.15, -0.1) is 11.8 Å². The summed E-state index contributed by atoms with van der Waals surface area (Å²) in [6.45, 7) is 2.98. The van der Waals surface area contributed by atoms with Crippen LogP contribution in [0, 0.1) is 5.82 Å². The number of rotatable bonds is 6. The SMILES string of the molecule is CCOC(=O)CCCNC1CCSc2c(F)cccc21. The van der Waals surface area contributed by atoms with E-state index in [0.29, 0.717) is 13.0 Å². The second-order valence-corrected chi connectivity index (χ2v) is 5.82. The van der Waals surface area contributed by atoms with Gasteiger partial charge in [-0.05, 0) is 43.7 Å². The smallest absolute Gasteiger partial charge is 0.305 e. The van der Waals surface area contributed by atoms with Gasteiger partial charge in [0.2, 0.25) is 0 Å². The number of fused-ring (bicyclic) bond motifs is 1. The number of ether oxygens (including phenoxy) is 1. The lowest BCUT2D eigenvalue weighted by atomic mass is 10.0. The molecule has 1 aromatic rings. The summed E-state index contributed by atoms with van der Waals surface area (Å²) in [7, 11) is 0. The highest BCUT2D eigenvalue weighted by Crippen LogP contribution is 2.37. The zero-order chi connectivity index (χ0) is 14.4. The van der Waals surface area contributed by atoms with Crippen LogP contribution in [0.5, 0.6) is 0 Å². The molecule has 1 atom stereocenters. The van der Waals surface area contributed by atoms with E-state index in [0.717, 1.165) is 35.6 Å². The van der Waals surface area contributed by atoms with Gasteiger partial charge in [-0.3, -0.25) is 4.79 Å². The van der Waals surface area contributed by atoms with Gasteiger partial charge >= 0.3 is 5.97 Å². The molecule has 2 rings (SSSR count). The number of hydrogen-bond acceptors (Lipinski definition) is 4. The molecule has 1 unspecified atom stereocenters. The molecule has 0 spiro atoms. The van der Waals surface area contributed by atoms with Crippen molar-refractivity contribution in [1.82, 2.24) is 5.32 Å². The Kier molecular flexibility index (Phi) is 5.86. The van der Waals surface area contributed by atoms with Gasteiger partial charge in [-0.2, -0.15) is 0 Å². The molecule has 110 valence electrons. The van der Waals surface area contributed by atoms with Crippen molar-refractivity contribution in [3.05, 3.63) is 29.6 Å². The van der Waals surface area contributed by atoms with Gasteiger partial charge in [-0.25, -0.2) is 4.39 Å². The normalized spacial score (nSPS) is 17.6. The molecule has 0 amide bonds. The van der Waals surface area contributed by atoms with E-state index >= 15 is 0 Å². The summed E-state index contributed by atoms with van der Waals surface area (Å²) < 4.78 is 18.6. The molecule has 0 saturated heterocycles. The Labute approximate surface area is 123 Å². The Hall–Kier alpha value is -1.07. The molecule has 0 fully saturated rings. The predicted octanol–water partition coefficient (Wildman–Crippen LogP) is 3.30. The Balaban J connectivity index is 1.83. The van der Waals surface area contributed by atoms with Gasteiger partial charge in [0, 0.05) is 17.4 Å². The van der Waals surface area contributed by atoms with Gasteiger partial charge in [0.1, 0.15) is 5.82 Å². The van der Waals surface area contributed by atoms with Crippen LogP contribution >= 0.6 is 11.8 Å². The van der Waals surface area contributed by atoms with Crippen LogP contribution in [0.2, 0.25) is 0 Å². The van der Waals surface area contributed by atoms with Crippen molar-refractivity contribution < 1.29 is 13.9 Å². The maximum atomic E-state index is 13.7. The first-order chi connectivity index (χ1) is 9.72. The highest BCUT2D eigenvalue weighted by molar-refractivity contribution is 7.99. The van der Waals surface area contributed by atoms with Crippen LogP contribution in [-0.4, -0.2) is 24.9 Å². The van der Waals surface area contributed by atoms with Crippen LogP contribution in [0.1, 0.15) is 37.8 Å². The second kappa shape index (κ2) is 7.64. The molecular weight excluding hydrogens is 277 g/mol. The van der Waals surface area contributed by atoms with Crippen molar-refractivity contribution in [2.45, 2.75) is 37.1 Å². The third kappa shape index (κ3) is 3.96. The van der Waals surface area contributed by atoms with Crippen molar-refractivity contribution in [3.8, 4) is 0 Å². The maximum absolute atomic E-state index is 13.7. The minimum atomic E-state index is -0.153. The number of esters is 1. The van der Waals surface area contributed by atoms with E-state index in [9.17, 15) is 9.18 Å². The standard InChI is InChI=1S/C15H20FNO2S/c1-2-19-14(18)7-4-9-17-13-8-10-20-15-11(13)5-3-6-12(15)16/h3,5-6,13,17H,2,4,7-10H2,1H3. The molecule has 1 N–H and O–H groups in total. The number of carbonyl (C=O) groups is 1. The van der Waals surface area contributed by atoms with Crippen LogP contribution in [0.4, 0.5) is 4.39 Å². The Morgan fingerprint density at radius 2 is 2.40 bits per heavy atom. The number of halogens is 1. The fraction of sp³-hybridized carbons (Fsp3) is 0.533. The molecular formula is C15H20FNO2S. The number of hydrogen-bond donors (Lipinski definition) is 1. The highest BCUT2D eigenvalue weighted by Gasteiger charge is 2.22. The van der Waals surface area contributed by atoms with E-state index in [-0.39, 0.29) is 17.8 Å². The molecule has 0 bridgehead atoms. The molecule has 0 saturated carbocycles. The molecule has 1 aromatic carbocycles. The maximum Gasteiger partial charge on any atom is 0.305 e. The quantitative estimate of drug-likeness (QED) is 0.646. The molecule has 0 radical (unpaired) electrons. The summed E-state index contributed by atoms with van der Waals surface area (Å²) in [5, 5.41) is 3.41. The first kappa shape index (κ1) is 15.3. The van der Waals surface area contributed by atoms with Crippen LogP contribution in [0.15, 0.2) is 23.1 Å². The predicted molar refractivity (Wildman–Crippen MR) is 78.4 cm³/mol. The summed E-state index contributed by atoms with van der Waals surface area (Å²) >= 11 is 1.58. The number of thioether (sulfide) groups is 1. The topological polar surface area (TPSA) is 38.3 Å². The van der Waals surface area contributed by atoms with E-state index in [1.807, 2.05) is 6.07 Å². The van der Waals surface area contributed by atoms with Crippen molar-refractivity contribution in [2.75, 3.05) is 18.9 Å². The number of benzene rings is 1. The summed E-state index contributed by atoms with van der Waals surface area (Å²) in [5.74, 6) is 0.634. The van der Waals surface area contributed by atoms with E-state index in [2.05, 4.69) is 5.32 Å². The Bertz CT molecular complexity index is 467. The Morgan fingerprint density at radius 3 is 3.20 bits per heavy atom. The van der Waals surface area contributed by atoms with Crippen molar-refractivity contribution in [1.29, 1.82) is 0 Å². The lowest BCUT2D eigenvalue weighted by Gasteiger charge is -2.26. The zero-order valence-electron chi connectivity index (χ0n) is 11.7. The molecule has 0 aliphatic carbocycles. The van der Waals surface area contributed by atoms with Gasteiger partial charge in [-0.1, -0.05) is 12.1 Å². The molecule has 1 aliphatic heterocycles. The minimum Gasteiger partial charge on any atom is -0.466 e. The van der Waals surface area contributed by atoms with Crippen molar-refractivity contribution in [3.63, 3.8) is 0 Å². The van der Waals surface area contributed by atoms with E-state index in [4.69, 9.17) is 4.74 Å². The summed E-state index contributed by atoms with van der Waals surface area (Å²) in [6.07, 6.45) is 2.16. The molecule has 20 heavy (non-hydrogen) atoms. The summed E-state index contributed by atoms with van der Waals surface area (Å²) in [4.78, 5) is 12.0. The summed E-state index contributed by atoms with van der Waals surface area (Å²) in [6, 6.07) is 5.43. The average Bonchev–Trinajstić information content (AvgIpc) is 2.45. The van der Waals surface area contributed by atoms with Gasteiger partial charge in [0.05, 0.1) is 6.61 Å².